The highest BCUT2D eigenvalue weighted by Gasteiger charge is 2.30. The number of rotatable bonds is 3. The molecule has 0 atom stereocenters. The first-order valence-corrected chi connectivity index (χ1v) is 8.04. The predicted octanol–water partition coefficient (Wildman–Crippen LogP) is 0.454. The number of benzene rings is 1. The Balaban J connectivity index is 2.22. The average Bonchev–Trinajstić information content (AvgIpc) is 2.38. The van der Waals surface area contributed by atoms with Crippen LogP contribution >= 0.6 is 0 Å². The monoisotopic (exact) mass is 296 g/mol. The Labute approximate surface area is 119 Å². The van der Waals surface area contributed by atoms with E-state index < -0.39 is 21.9 Å². The minimum Gasteiger partial charge on any atom is -0.550 e. The van der Waals surface area contributed by atoms with Crippen molar-refractivity contribution in [3.63, 3.8) is 0 Å². The van der Waals surface area contributed by atoms with Crippen molar-refractivity contribution in [2.75, 3.05) is 13.1 Å². The smallest absolute Gasteiger partial charge is 0.243 e. The Hall–Kier alpha value is -1.40. The first-order chi connectivity index (χ1) is 9.32. The quantitative estimate of drug-likeness (QED) is 0.811. The SMILES string of the molecule is Cc1ccc(S(=O)(=O)N2CCC(C(=O)[O-])CC2)c(C)c1. The second kappa shape index (κ2) is 5.54. The summed E-state index contributed by atoms with van der Waals surface area (Å²) < 4.78 is 26.5. The first-order valence-electron chi connectivity index (χ1n) is 6.60. The Morgan fingerprint density at radius 1 is 1.25 bits per heavy atom. The van der Waals surface area contributed by atoms with Gasteiger partial charge in [0.2, 0.25) is 10.0 Å². The number of carboxylic acid groups (broad SMARTS) is 1. The zero-order valence-electron chi connectivity index (χ0n) is 11.6. The molecule has 2 rings (SSSR count). The predicted molar refractivity (Wildman–Crippen MR) is 72.4 cm³/mol. The third-order valence-electron chi connectivity index (χ3n) is 3.74. The molecular weight excluding hydrogens is 278 g/mol. The zero-order chi connectivity index (χ0) is 14.9. The number of piperidine rings is 1. The van der Waals surface area contributed by atoms with Crippen LogP contribution in [-0.2, 0) is 14.8 Å². The van der Waals surface area contributed by atoms with E-state index in [4.69, 9.17) is 0 Å². The highest BCUT2D eigenvalue weighted by atomic mass is 32.2. The van der Waals surface area contributed by atoms with Gasteiger partial charge in [-0.05, 0) is 38.3 Å². The van der Waals surface area contributed by atoms with E-state index in [-0.39, 0.29) is 13.1 Å². The second-order valence-electron chi connectivity index (χ2n) is 5.27. The minimum atomic E-state index is -3.54. The maximum Gasteiger partial charge on any atom is 0.243 e. The van der Waals surface area contributed by atoms with E-state index in [0.29, 0.717) is 23.3 Å². The second-order valence-corrected chi connectivity index (χ2v) is 7.17. The molecule has 0 aromatic heterocycles. The van der Waals surface area contributed by atoms with E-state index in [0.717, 1.165) is 5.56 Å². The summed E-state index contributed by atoms with van der Waals surface area (Å²) >= 11 is 0. The summed E-state index contributed by atoms with van der Waals surface area (Å²) in [6.07, 6.45) is 0.624. The van der Waals surface area contributed by atoms with E-state index in [1.165, 1.54) is 4.31 Å². The van der Waals surface area contributed by atoms with Crippen LogP contribution in [0, 0.1) is 19.8 Å². The summed E-state index contributed by atoms with van der Waals surface area (Å²) in [5.74, 6) is -1.63. The summed E-state index contributed by atoms with van der Waals surface area (Å²) in [7, 11) is -3.54. The van der Waals surface area contributed by atoms with Crippen molar-refractivity contribution in [1.29, 1.82) is 0 Å². The van der Waals surface area contributed by atoms with E-state index in [2.05, 4.69) is 0 Å². The minimum absolute atomic E-state index is 0.230. The van der Waals surface area contributed by atoms with E-state index in [1.54, 1.807) is 19.1 Å². The molecule has 1 aliphatic heterocycles. The fourth-order valence-electron chi connectivity index (χ4n) is 2.56. The maximum absolute atomic E-state index is 12.6. The highest BCUT2D eigenvalue weighted by Crippen LogP contribution is 2.25. The van der Waals surface area contributed by atoms with Crippen molar-refractivity contribution in [2.24, 2.45) is 5.92 Å². The summed E-state index contributed by atoms with van der Waals surface area (Å²) in [6.45, 7) is 4.14. The van der Waals surface area contributed by atoms with Gasteiger partial charge in [0.25, 0.3) is 0 Å². The van der Waals surface area contributed by atoms with Crippen LogP contribution in [0.25, 0.3) is 0 Å². The van der Waals surface area contributed by atoms with Crippen LogP contribution in [0.4, 0.5) is 0 Å². The Bertz CT molecular complexity index is 616. The van der Waals surface area contributed by atoms with Crippen molar-refractivity contribution in [3.05, 3.63) is 29.3 Å². The molecule has 0 aliphatic carbocycles. The van der Waals surface area contributed by atoms with Gasteiger partial charge in [0.1, 0.15) is 0 Å². The molecule has 1 fully saturated rings. The largest absolute Gasteiger partial charge is 0.550 e. The van der Waals surface area contributed by atoms with Gasteiger partial charge in [-0.1, -0.05) is 17.7 Å². The molecule has 20 heavy (non-hydrogen) atoms. The Morgan fingerprint density at radius 2 is 1.85 bits per heavy atom. The van der Waals surface area contributed by atoms with Gasteiger partial charge < -0.3 is 9.90 Å². The lowest BCUT2D eigenvalue weighted by Gasteiger charge is -2.31. The van der Waals surface area contributed by atoms with E-state index >= 15 is 0 Å². The molecule has 0 amide bonds. The number of carbonyl (C=O) groups is 1. The fraction of sp³-hybridized carbons (Fsp3) is 0.500. The third kappa shape index (κ3) is 2.86. The fourth-order valence-corrected chi connectivity index (χ4v) is 4.24. The van der Waals surface area contributed by atoms with Gasteiger partial charge in [-0.15, -0.1) is 0 Å². The lowest BCUT2D eigenvalue weighted by atomic mass is 9.99. The van der Waals surface area contributed by atoms with Gasteiger partial charge in [-0.2, -0.15) is 4.31 Å². The number of sulfonamides is 1. The molecule has 0 bridgehead atoms. The molecule has 1 heterocycles. The van der Waals surface area contributed by atoms with E-state index in [9.17, 15) is 18.3 Å². The molecule has 0 radical (unpaired) electrons. The van der Waals surface area contributed by atoms with Gasteiger partial charge >= 0.3 is 0 Å². The molecule has 5 nitrogen and oxygen atoms in total. The van der Waals surface area contributed by atoms with Crippen molar-refractivity contribution < 1.29 is 18.3 Å². The molecule has 6 heteroatoms. The number of carboxylic acids is 1. The average molecular weight is 296 g/mol. The number of aliphatic carboxylic acids is 1. The van der Waals surface area contributed by atoms with Crippen LogP contribution in [-0.4, -0.2) is 31.8 Å². The van der Waals surface area contributed by atoms with Gasteiger partial charge in [0.05, 0.1) is 4.90 Å². The van der Waals surface area contributed by atoms with Crippen LogP contribution < -0.4 is 5.11 Å². The molecule has 110 valence electrons. The van der Waals surface area contributed by atoms with Gasteiger partial charge in [0, 0.05) is 25.0 Å². The van der Waals surface area contributed by atoms with Crippen molar-refractivity contribution in [2.45, 2.75) is 31.6 Å². The molecule has 0 unspecified atom stereocenters. The zero-order valence-corrected chi connectivity index (χ0v) is 12.4. The molecule has 1 aromatic rings. The van der Waals surface area contributed by atoms with Crippen LogP contribution in [0.5, 0.6) is 0 Å². The normalized spacial score (nSPS) is 18.1. The number of aryl methyl sites for hydroxylation is 2. The molecule has 1 aliphatic rings. The topological polar surface area (TPSA) is 77.5 Å². The number of hydrogen-bond acceptors (Lipinski definition) is 4. The summed E-state index contributed by atoms with van der Waals surface area (Å²) in [6, 6.07) is 5.22. The molecule has 0 N–H and O–H groups in total. The van der Waals surface area contributed by atoms with Crippen molar-refractivity contribution in [1.82, 2.24) is 4.31 Å². The molecular formula is C14H18NO4S-. The van der Waals surface area contributed by atoms with Crippen LogP contribution in [0.1, 0.15) is 24.0 Å². The molecule has 0 saturated carbocycles. The standard InChI is InChI=1S/C14H19NO4S/c1-10-3-4-13(11(2)9-10)20(18,19)15-7-5-12(6-8-15)14(16)17/h3-4,9,12H,5-8H2,1-2H3,(H,16,17)/p-1. The van der Waals surface area contributed by atoms with Crippen molar-refractivity contribution >= 4 is 16.0 Å². The molecule has 1 aromatic carbocycles. The van der Waals surface area contributed by atoms with Gasteiger partial charge in [-0.3, -0.25) is 0 Å². The van der Waals surface area contributed by atoms with Crippen LogP contribution in [0.15, 0.2) is 23.1 Å². The third-order valence-corrected chi connectivity index (χ3v) is 5.79. The highest BCUT2D eigenvalue weighted by molar-refractivity contribution is 7.89. The summed E-state index contributed by atoms with van der Waals surface area (Å²) in [5, 5.41) is 10.8. The first kappa shape index (κ1) is 15.0. The number of carbonyl (C=O) groups excluding carboxylic acids is 1. The maximum atomic E-state index is 12.6. The molecule has 1 saturated heterocycles. The van der Waals surface area contributed by atoms with Crippen LogP contribution in [0.2, 0.25) is 0 Å². The molecule has 0 spiro atoms. The van der Waals surface area contributed by atoms with Crippen molar-refractivity contribution in [3.8, 4) is 0 Å². The van der Waals surface area contributed by atoms with Gasteiger partial charge in [0.15, 0.2) is 0 Å². The summed E-state index contributed by atoms with van der Waals surface area (Å²) in [4.78, 5) is 11.1. The number of hydrogen-bond donors (Lipinski definition) is 0. The Morgan fingerprint density at radius 3 is 2.35 bits per heavy atom. The Kier molecular flexibility index (Phi) is 4.15. The lowest BCUT2D eigenvalue weighted by Crippen LogP contribution is -2.43. The summed E-state index contributed by atoms with van der Waals surface area (Å²) in [5.41, 5.74) is 1.73. The van der Waals surface area contributed by atoms with E-state index in [1.807, 2.05) is 13.0 Å². The van der Waals surface area contributed by atoms with Crippen LogP contribution in [0.3, 0.4) is 0 Å². The lowest BCUT2D eigenvalue weighted by molar-refractivity contribution is -0.312. The van der Waals surface area contributed by atoms with Gasteiger partial charge in [-0.25, -0.2) is 8.42 Å². The number of nitrogens with zero attached hydrogens (tertiary/aromatic N) is 1.